The van der Waals surface area contributed by atoms with E-state index in [2.05, 4.69) is 10.3 Å². The van der Waals surface area contributed by atoms with Crippen molar-refractivity contribution in [2.24, 2.45) is 0 Å². The molecule has 3 rings (SSSR count). The normalized spacial score (nSPS) is 10.8. The van der Waals surface area contributed by atoms with E-state index in [0.29, 0.717) is 17.8 Å². The zero-order valence-electron chi connectivity index (χ0n) is 12.1. The standard InChI is InChI=1S/C16H15N3O3/c1-2-19-13-8-4-3-7-12(13)18-14(16(19)21)15(20)17-10-11-6-5-9-22-11/h3-9H,2,10H2,1H3,(H,17,20). The van der Waals surface area contributed by atoms with Crippen molar-refractivity contribution < 1.29 is 9.21 Å². The average molecular weight is 297 g/mol. The number of benzene rings is 1. The SMILES string of the molecule is CCn1c(=O)c(C(=O)NCc2ccco2)nc2ccccc21. The molecule has 0 aliphatic rings. The third-order valence-corrected chi connectivity index (χ3v) is 3.39. The fourth-order valence-electron chi connectivity index (χ4n) is 2.32. The molecular weight excluding hydrogens is 282 g/mol. The summed E-state index contributed by atoms with van der Waals surface area (Å²) in [6.45, 7) is 2.55. The van der Waals surface area contributed by atoms with Crippen LogP contribution in [0.1, 0.15) is 23.2 Å². The molecule has 22 heavy (non-hydrogen) atoms. The molecule has 0 spiro atoms. The topological polar surface area (TPSA) is 77.1 Å². The van der Waals surface area contributed by atoms with Crippen LogP contribution in [0.25, 0.3) is 11.0 Å². The lowest BCUT2D eigenvalue weighted by atomic mass is 10.2. The Morgan fingerprint density at radius 1 is 1.27 bits per heavy atom. The van der Waals surface area contributed by atoms with E-state index in [1.165, 1.54) is 6.26 Å². The van der Waals surface area contributed by atoms with E-state index in [4.69, 9.17) is 4.42 Å². The summed E-state index contributed by atoms with van der Waals surface area (Å²) < 4.78 is 6.69. The molecule has 0 atom stereocenters. The van der Waals surface area contributed by atoms with E-state index >= 15 is 0 Å². The number of carbonyl (C=O) groups is 1. The van der Waals surface area contributed by atoms with Crippen LogP contribution in [0.5, 0.6) is 0 Å². The summed E-state index contributed by atoms with van der Waals surface area (Å²) in [5.74, 6) is 0.110. The van der Waals surface area contributed by atoms with Crippen molar-refractivity contribution in [3.05, 3.63) is 64.5 Å². The molecule has 3 aromatic rings. The monoisotopic (exact) mass is 297 g/mol. The summed E-state index contributed by atoms with van der Waals surface area (Å²) in [4.78, 5) is 28.9. The fraction of sp³-hybridized carbons (Fsp3) is 0.188. The van der Waals surface area contributed by atoms with Crippen LogP contribution in [0.3, 0.4) is 0 Å². The van der Waals surface area contributed by atoms with Gasteiger partial charge in [-0.25, -0.2) is 4.98 Å². The molecule has 0 saturated carbocycles. The number of amides is 1. The summed E-state index contributed by atoms with van der Waals surface area (Å²) in [5.41, 5.74) is 0.843. The number of furan rings is 1. The minimum atomic E-state index is -0.505. The molecule has 0 unspecified atom stereocenters. The number of rotatable bonds is 4. The number of hydrogen-bond donors (Lipinski definition) is 1. The van der Waals surface area contributed by atoms with Crippen molar-refractivity contribution in [1.82, 2.24) is 14.9 Å². The highest BCUT2D eigenvalue weighted by atomic mass is 16.3. The van der Waals surface area contributed by atoms with E-state index in [-0.39, 0.29) is 12.2 Å². The van der Waals surface area contributed by atoms with Gasteiger partial charge in [0.2, 0.25) is 0 Å². The van der Waals surface area contributed by atoms with Gasteiger partial charge in [0.15, 0.2) is 5.69 Å². The first-order valence-corrected chi connectivity index (χ1v) is 7.01. The molecule has 2 heterocycles. The quantitative estimate of drug-likeness (QED) is 0.798. The predicted octanol–water partition coefficient (Wildman–Crippen LogP) is 1.94. The molecule has 0 aliphatic carbocycles. The highest BCUT2D eigenvalue weighted by Gasteiger charge is 2.16. The number of hydrogen-bond acceptors (Lipinski definition) is 4. The van der Waals surface area contributed by atoms with E-state index in [1.807, 2.05) is 25.1 Å². The summed E-state index contributed by atoms with van der Waals surface area (Å²) in [5, 5.41) is 2.65. The van der Waals surface area contributed by atoms with E-state index in [0.717, 1.165) is 5.52 Å². The number of aryl methyl sites for hydroxylation is 1. The zero-order valence-corrected chi connectivity index (χ0v) is 12.1. The minimum absolute atomic E-state index is 0.105. The van der Waals surface area contributed by atoms with Crippen LogP contribution in [-0.2, 0) is 13.1 Å². The van der Waals surface area contributed by atoms with Gasteiger partial charge in [-0.2, -0.15) is 0 Å². The van der Waals surface area contributed by atoms with E-state index < -0.39 is 11.5 Å². The second-order valence-corrected chi connectivity index (χ2v) is 4.76. The predicted molar refractivity (Wildman–Crippen MR) is 81.6 cm³/mol. The van der Waals surface area contributed by atoms with Gasteiger partial charge in [-0.15, -0.1) is 0 Å². The summed E-state index contributed by atoms with van der Waals surface area (Å²) in [6, 6.07) is 10.7. The first-order valence-electron chi connectivity index (χ1n) is 7.01. The third-order valence-electron chi connectivity index (χ3n) is 3.39. The first kappa shape index (κ1) is 14.1. The number of aromatic nitrogens is 2. The molecule has 6 heteroatoms. The van der Waals surface area contributed by atoms with Crippen molar-refractivity contribution >= 4 is 16.9 Å². The van der Waals surface area contributed by atoms with Crippen molar-refractivity contribution in [2.45, 2.75) is 20.0 Å². The molecule has 1 N–H and O–H groups in total. The van der Waals surface area contributed by atoms with Gasteiger partial charge in [-0.1, -0.05) is 12.1 Å². The maximum absolute atomic E-state index is 12.4. The van der Waals surface area contributed by atoms with E-state index in [9.17, 15) is 9.59 Å². The Bertz CT molecular complexity index is 866. The van der Waals surface area contributed by atoms with Gasteiger partial charge in [0, 0.05) is 6.54 Å². The molecule has 0 saturated heterocycles. The van der Waals surface area contributed by atoms with Crippen molar-refractivity contribution in [3.8, 4) is 0 Å². The Labute approximate surface area is 126 Å². The van der Waals surface area contributed by atoms with Gasteiger partial charge in [-0.05, 0) is 31.2 Å². The third kappa shape index (κ3) is 2.50. The molecule has 1 amide bonds. The van der Waals surface area contributed by atoms with E-state index in [1.54, 1.807) is 22.8 Å². The summed E-state index contributed by atoms with van der Waals surface area (Å²) in [7, 11) is 0. The Balaban J connectivity index is 1.97. The van der Waals surface area contributed by atoms with Crippen LogP contribution < -0.4 is 10.9 Å². The largest absolute Gasteiger partial charge is 0.467 e. The van der Waals surface area contributed by atoms with Crippen LogP contribution in [-0.4, -0.2) is 15.5 Å². The number of carbonyl (C=O) groups excluding carboxylic acids is 1. The Kier molecular flexibility index (Phi) is 3.74. The number of nitrogens with one attached hydrogen (secondary N) is 1. The van der Waals surface area contributed by atoms with Gasteiger partial charge in [0.25, 0.3) is 11.5 Å². The number of para-hydroxylation sites is 2. The molecule has 0 bridgehead atoms. The van der Waals surface area contributed by atoms with Crippen LogP contribution >= 0.6 is 0 Å². The molecule has 0 aliphatic heterocycles. The van der Waals surface area contributed by atoms with Crippen LogP contribution in [0, 0.1) is 0 Å². The number of fused-ring (bicyclic) bond motifs is 1. The van der Waals surface area contributed by atoms with Gasteiger partial charge in [0.1, 0.15) is 5.76 Å². The second kappa shape index (κ2) is 5.85. The highest BCUT2D eigenvalue weighted by molar-refractivity contribution is 5.93. The lowest BCUT2D eigenvalue weighted by Gasteiger charge is -2.10. The summed E-state index contributed by atoms with van der Waals surface area (Å²) >= 11 is 0. The van der Waals surface area contributed by atoms with Gasteiger partial charge in [0.05, 0.1) is 23.8 Å². The molecular formula is C16H15N3O3. The van der Waals surface area contributed by atoms with Crippen LogP contribution in [0.15, 0.2) is 51.9 Å². The Morgan fingerprint density at radius 3 is 2.82 bits per heavy atom. The van der Waals surface area contributed by atoms with Crippen molar-refractivity contribution in [1.29, 1.82) is 0 Å². The maximum Gasteiger partial charge on any atom is 0.282 e. The first-order chi connectivity index (χ1) is 10.7. The van der Waals surface area contributed by atoms with Gasteiger partial charge >= 0.3 is 0 Å². The Hall–Kier alpha value is -2.89. The van der Waals surface area contributed by atoms with Crippen molar-refractivity contribution in [2.75, 3.05) is 0 Å². The lowest BCUT2D eigenvalue weighted by molar-refractivity contribution is 0.0941. The van der Waals surface area contributed by atoms with Crippen LogP contribution in [0.2, 0.25) is 0 Å². The average Bonchev–Trinajstić information content (AvgIpc) is 3.05. The molecule has 112 valence electrons. The molecule has 0 radical (unpaired) electrons. The summed E-state index contributed by atoms with van der Waals surface area (Å²) in [6.07, 6.45) is 1.53. The fourth-order valence-corrected chi connectivity index (χ4v) is 2.32. The number of nitrogens with zero attached hydrogens (tertiary/aromatic N) is 2. The van der Waals surface area contributed by atoms with Crippen molar-refractivity contribution in [3.63, 3.8) is 0 Å². The smallest absolute Gasteiger partial charge is 0.282 e. The molecule has 2 aromatic heterocycles. The minimum Gasteiger partial charge on any atom is -0.467 e. The second-order valence-electron chi connectivity index (χ2n) is 4.76. The molecule has 1 aromatic carbocycles. The van der Waals surface area contributed by atoms with Gasteiger partial charge < -0.3 is 14.3 Å². The maximum atomic E-state index is 12.4. The molecule has 0 fully saturated rings. The van der Waals surface area contributed by atoms with Gasteiger partial charge in [-0.3, -0.25) is 9.59 Å². The highest BCUT2D eigenvalue weighted by Crippen LogP contribution is 2.10. The van der Waals surface area contributed by atoms with Crippen LogP contribution in [0.4, 0.5) is 0 Å². The zero-order chi connectivity index (χ0) is 15.5. The lowest BCUT2D eigenvalue weighted by Crippen LogP contribution is -2.34. The molecule has 6 nitrogen and oxygen atoms in total. The Morgan fingerprint density at radius 2 is 2.09 bits per heavy atom.